The molecule has 0 amide bonds. The van der Waals surface area contributed by atoms with E-state index >= 15 is 0 Å². The SMILES string of the molecule is CNC(C)C1CCCCN1CCN1CCCC1. The van der Waals surface area contributed by atoms with Crippen molar-refractivity contribution in [2.75, 3.05) is 39.8 Å². The summed E-state index contributed by atoms with van der Waals surface area (Å²) in [4.78, 5) is 5.36. The molecule has 0 spiro atoms. The number of piperidine rings is 1. The van der Waals surface area contributed by atoms with E-state index in [0.717, 1.165) is 6.04 Å². The molecule has 0 saturated carbocycles. The van der Waals surface area contributed by atoms with E-state index in [1.54, 1.807) is 0 Å². The molecule has 2 fully saturated rings. The van der Waals surface area contributed by atoms with Crippen LogP contribution < -0.4 is 5.32 Å². The third-order valence-corrected chi connectivity index (χ3v) is 4.60. The van der Waals surface area contributed by atoms with Gasteiger partial charge in [-0.15, -0.1) is 0 Å². The first-order valence-corrected chi connectivity index (χ1v) is 7.45. The summed E-state index contributed by atoms with van der Waals surface area (Å²) in [6.07, 6.45) is 7.01. The fraction of sp³-hybridized carbons (Fsp3) is 1.00. The Morgan fingerprint density at radius 2 is 1.76 bits per heavy atom. The van der Waals surface area contributed by atoms with Crippen molar-refractivity contribution >= 4 is 0 Å². The third kappa shape index (κ3) is 3.67. The number of hydrogen-bond donors (Lipinski definition) is 1. The molecule has 3 nitrogen and oxygen atoms in total. The molecule has 0 bridgehead atoms. The second-order valence-electron chi connectivity index (χ2n) is 5.73. The van der Waals surface area contributed by atoms with Crippen LogP contribution in [-0.4, -0.2) is 61.7 Å². The highest BCUT2D eigenvalue weighted by Gasteiger charge is 2.26. The topological polar surface area (TPSA) is 18.5 Å². The van der Waals surface area contributed by atoms with Crippen molar-refractivity contribution in [3.05, 3.63) is 0 Å². The molecular formula is C14H29N3. The average Bonchev–Trinajstić information content (AvgIpc) is 2.89. The molecule has 2 aliphatic rings. The number of likely N-dealkylation sites (tertiary alicyclic amines) is 2. The lowest BCUT2D eigenvalue weighted by Crippen LogP contribution is -2.51. The molecule has 2 atom stereocenters. The largest absolute Gasteiger partial charge is 0.316 e. The van der Waals surface area contributed by atoms with Crippen LogP contribution in [0.1, 0.15) is 39.0 Å². The minimum Gasteiger partial charge on any atom is -0.316 e. The van der Waals surface area contributed by atoms with Gasteiger partial charge in [-0.1, -0.05) is 6.42 Å². The zero-order valence-corrected chi connectivity index (χ0v) is 11.6. The Kier molecular flexibility index (Phi) is 5.26. The Morgan fingerprint density at radius 3 is 2.47 bits per heavy atom. The van der Waals surface area contributed by atoms with Gasteiger partial charge in [0, 0.05) is 25.2 Å². The summed E-state index contributed by atoms with van der Waals surface area (Å²) in [7, 11) is 2.10. The first-order valence-electron chi connectivity index (χ1n) is 7.45. The first-order chi connectivity index (χ1) is 8.31. The van der Waals surface area contributed by atoms with Gasteiger partial charge in [0.05, 0.1) is 0 Å². The Morgan fingerprint density at radius 1 is 1.06 bits per heavy atom. The zero-order chi connectivity index (χ0) is 12.1. The van der Waals surface area contributed by atoms with Gasteiger partial charge in [0.15, 0.2) is 0 Å². The van der Waals surface area contributed by atoms with Crippen molar-refractivity contribution < 1.29 is 0 Å². The molecule has 0 aromatic heterocycles. The van der Waals surface area contributed by atoms with Gasteiger partial charge in [-0.3, -0.25) is 4.90 Å². The highest BCUT2D eigenvalue weighted by Crippen LogP contribution is 2.19. The van der Waals surface area contributed by atoms with Crippen LogP contribution in [0.3, 0.4) is 0 Å². The smallest absolute Gasteiger partial charge is 0.0247 e. The van der Waals surface area contributed by atoms with Crippen molar-refractivity contribution in [2.24, 2.45) is 0 Å². The number of nitrogens with one attached hydrogen (secondary N) is 1. The molecule has 17 heavy (non-hydrogen) atoms. The highest BCUT2D eigenvalue weighted by molar-refractivity contribution is 4.85. The summed E-state index contributed by atoms with van der Waals surface area (Å²) in [5, 5.41) is 3.44. The summed E-state index contributed by atoms with van der Waals surface area (Å²) < 4.78 is 0. The lowest BCUT2D eigenvalue weighted by atomic mass is 9.96. The van der Waals surface area contributed by atoms with Crippen LogP contribution in [0.4, 0.5) is 0 Å². The molecule has 0 aromatic rings. The molecule has 0 aromatic carbocycles. The maximum atomic E-state index is 3.44. The Bertz CT molecular complexity index is 214. The van der Waals surface area contributed by atoms with Crippen LogP contribution in [0.25, 0.3) is 0 Å². The quantitative estimate of drug-likeness (QED) is 0.785. The summed E-state index contributed by atoms with van der Waals surface area (Å²) in [6, 6.07) is 1.39. The fourth-order valence-corrected chi connectivity index (χ4v) is 3.33. The van der Waals surface area contributed by atoms with Gasteiger partial charge in [0.2, 0.25) is 0 Å². The summed E-state index contributed by atoms with van der Waals surface area (Å²) in [6.45, 7) is 8.87. The van der Waals surface area contributed by atoms with E-state index in [1.807, 2.05) is 0 Å². The molecule has 0 aliphatic carbocycles. The second kappa shape index (κ2) is 6.72. The minimum absolute atomic E-state index is 0.633. The summed E-state index contributed by atoms with van der Waals surface area (Å²) >= 11 is 0. The molecule has 1 N–H and O–H groups in total. The maximum Gasteiger partial charge on any atom is 0.0247 e. The number of nitrogens with zero attached hydrogens (tertiary/aromatic N) is 2. The van der Waals surface area contributed by atoms with E-state index in [-0.39, 0.29) is 0 Å². The standard InChI is InChI=1S/C14H29N3/c1-13(15-2)14-7-3-4-10-17(14)12-11-16-8-5-6-9-16/h13-15H,3-12H2,1-2H3. The Labute approximate surface area is 107 Å². The van der Waals surface area contributed by atoms with Gasteiger partial charge < -0.3 is 10.2 Å². The average molecular weight is 239 g/mol. The van der Waals surface area contributed by atoms with Crippen LogP contribution in [-0.2, 0) is 0 Å². The van der Waals surface area contributed by atoms with Gasteiger partial charge in [-0.05, 0) is 59.3 Å². The Hall–Kier alpha value is -0.120. The van der Waals surface area contributed by atoms with E-state index in [4.69, 9.17) is 0 Å². The van der Waals surface area contributed by atoms with E-state index in [0.29, 0.717) is 6.04 Å². The van der Waals surface area contributed by atoms with E-state index in [1.165, 1.54) is 64.8 Å². The van der Waals surface area contributed by atoms with Crippen molar-refractivity contribution in [1.29, 1.82) is 0 Å². The second-order valence-corrected chi connectivity index (χ2v) is 5.73. The molecule has 100 valence electrons. The van der Waals surface area contributed by atoms with Gasteiger partial charge in [-0.2, -0.15) is 0 Å². The van der Waals surface area contributed by atoms with Gasteiger partial charge in [-0.25, -0.2) is 0 Å². The fourth-order valence-electron chi connectivity index (χ4n) is 3.33. The number of likely N-dealkylation sites (N-methyl/N-ethyl adjacent to an activating group) is 1. The molecule has 2 heterocycles. The lowest BCUT2D eigenvalue weighted by Gasteiger charge is -2.39. The summed E-state index contributed by atoms with van der Waals surface area (Å²) in [5.74, 6) is 0. The van der Waals surface area contributed by atoms with Crippen molar-refractivity contribution in [2.45, 2.75) is 51.1 Å². The lowest BCUT2D eigenvalue weighted by molar-refractivity contribution is 0.109. The third-order valence-electron chi connectivity index (χ3n) is 4.60. The zero-order valence-electron chi connectivity index (χ0n) is 11.6. The molecule has 3 heteroatoms. The Balaban J connectivity index is 1.78. The van der Waals surface area contributed by atoms with Crippen LogP contribution in [0.15, 0.2) is 0 Å². The van der Waals surface area contributed by atoms with Gasteiger partial charge >= 0.3 is 0 Å². The number of hydrogen-bond acceptors (Lipinski definition) is 3. The molecule has 2 rings (SSSR count). The first kappa shape index (κ1) is 13.3. The van der Waals surface area contributed by atoms with Crippen molar-refractivity contribution in [1.82, 2.24) is 15.1 Å². The monoisotopic (exact) mass is 239 g/mol. The van der Waals surface area contributed by atoms with Crippen molar-refractivity contribution in [3.63, 3.8) is 0 Å². The van der Waals surface area contributed by atoms with Crippen LogP contribution >= 0.6 is 0 Å². The van der Waals surface area contributed by atoms with Gasteiger partial charge in [0.1, 0.15) is 0 Å². The predicted molar refractivity (Wildman–Crippen MR) is 73.4 cm³/mol. The van der Waals surface area contributed by atoms with Gasteiger partial charge in [0.25, 0.3) is 0 Å². The number of rotatable bonds is 5. The predicted octanol–water partition coefficient (Wildman–Crippen LogP) is 1.54. The maximum absolute atomic E-state index is 3.44. The van der Waals surface area contributed by atoms with E-state index < -0.39 is 0 Å². The molecule has 0 radical (unpaired) electrons. The molecule has 2 unspecified atom stereocenters. The molecule has 2 aliphatic heterocycles. The van der Waals surface area contributed by atoms with E-state index in [2.05, 4.69) is 29.1 Å². The van der Waals surface area contributed by atoms with E-state index in [9.17, 15) is 0 Å². The normalized spacial score (nSPS) is 29.6. The molecule has 2 saturated heterocycles. The highest BCUT2D eigenvalue weighted by atomic mass is 15.2. The molecular weight excluding hydrogens is 210 g/mol. The van der Waals surface area contributed by atoms with Crippen molar-refractivity contribution in [3.8, 4) is 0 Å². The van der Waals surface area contributed by atoms with Crippen LogP contribution in [0.5, 0.6) is 0 Å². The van der Waals surface area contributed by atoms with Crippen LogP contribution in [0, 0.1) is 0 Å². The summed E-state index contributed by atoms with van der Waals surface area (Å²) in [5.41, 5.74) is 0. The minimum atomic E-state index is 0.633. The van der Waals surface area contributed by atoms with Crippen LogP contribution in [0.2, 0.25) is 0 Å².